The lowest BCUT2D eigenvalue weighted by molar-refractivity contribution is -0.122. The Hall–Kier alpha value is -1.35. The molecule has 2 heterocycles. The highest BCUT2D eigenvalue weighted by Crippen LogP contribution is 2.28. The normalized spacial score (nSPS) is 29.1. The lowest BCUT2D eigenvalue weighted by atomic mass is 10.0. The largest absolute Gasteiger partial charge is 0.355 e. The van der Waals surface area contributed by atoms with Crippen LogP contribution in [-0.4, -0.2) is 30.4 Å². The van der Waals surface area contributed by atoms with Crippen molar-refractivity contribution in [2.45, 2.75) is 6.54 Å². The van der Waals surface area contributed by atoms with Gasteiger partial charge in [-0.2, -0.15) is 0 Å². The van der Waals surface area contributed by atoms with Crippen LogP contribution in [0, 0.1) is 11.8 Å². The molecule has 0 radical (unpaired) electrons. The molecular weight excluding hydrogens is 200 g/mol. The highest BCUT2D eigenvalue weighted by Gasteiger charge is 2.41. The summed E-state index contributed by atoms with van der Waals surface area (Å²) in [7, 11) is 0. The number of benzene rings is 1. The van der Waals surface area contributed by atoms with Crippen molar-refractivity contribution in [1.82, 2.24) is 10.2 Å². The summed E-state index contributed by atoms with van der Waals surface area (Å²) in [4.78, 5) is 13.9. The number of hydrogen-bond donors (Lipinski definition) is 1. The Balaban J connectivity index is 1.65. The van der Waals surface area contributed by atoms with Gasteiger partial charge < -0.3 is 5.32 Å². The smallest absolute Gasteiger partial charge is 0.224 e. The quantitative estimate of drug-likeness (QED) is 0.795. The van der Waals surface area contributed by atoms with Crippen LogP contribution in [0.3, 0.4) is 0 Å². The predicted molar refractivity (Wildman–Crippen MR) is 61.7 cm³/mol. The van der Waals surface area contributed by atoms with Gasteiger partial charge in [0.05, 0.1) is 5.92 Å². The average molecular weight is 216 g/mol. The van der Waals surface area contributed by atoms with Crippen molar-refractivity contribution in [3.63, 3.8) is 0 Å². The second kappa shape index (κ2) is 3.91. The first-order valence-corrected chi connectivity index (χ1v) is 5.87. The third-order valence-electron chi connectivity index (χ3n) is 3.64. The molecule has 1 aromatic rings. The first-order chi connectivity index (χ1) is 7.83. The van der Waals surface area contributed by atoms with E-state index in [0.29, 0.717) is 5.92 Å². The number of rotatable bonds is 2. The van der Waals surface area contributed by atoms with Crippen LogP contribution in [0.2, 0.25) is 0 Å². The Morgan fingerprint density at radius 2 is 2.06 bits per heavy atom. The van der Waals surface area contributed by atoms with E-state index in [4.69, 9.17) is 0 Å². The van der Waals surface area contributed by atoms with E-state index >= 15 is 0 Å². The van der Waals surface area contributed by atoms with Gasteiger partial charge in [-0.15, -0.1) is 0 Å². The summed E-state index contributed by atoms with van der Waals surface area (Å²) in [5.74, 6) is 1.03. The third kappa shape index (κ3) is 1.71. The topological polar surface area (TPSA) is 32.3 Å². The number of amides is 1. The molecule has 3 heteroatoms. The van der Waals surface area contributed by atoms with Crippen molar-refractivity contribution in [2.24, 2.45) is 11.8 Å². The second-order valence-electron chi connectivity index (χ2n) is 4.79. The van der Waals surface area contributed by atoms with E-state index in [9.17, 15) is 4.79 Å². The van der Waals surface area contributed by atoms with Gasteiger partial charge in [0.15, 0.2) is 0 Å². The van der Waals surface area contributed by atoms with E-state index in [-0.39, 0.29) is 11.8 Å². The summed E-state index contributed by atoms with van der Waals surface area (Å²) < 4.78 is 0. The maximum absolute atomic E-state index is 11.5. The van der Waals surface area contributed by atoms with Crippen molar-refractivity contribution >= 4 is 5.91 Å². The fourth-order valence-electron chi connectivity index (χ4n) is 2.80. The number of carbonyl (C=O) groups is 1. The van der Waals surface area contributed by atoms with Gasteiger partial charge in [-0.3, -0.25) is 9.69 Å². The Labute approximate surface area is 95.4 Å². The molecule has 1 N–H and O–H groups in total. The third-order valence-corrected chi connectivity index (χ3v) is 3.64. The average Bonchev–Trinajstić information content (AvgIpc) is 2.83. The minimum absolute atomic E-state index is 0.240. The number of likely N-dealkylation sites (tertiary alicyclic amines) is 1. The standard InChI is InChI=1S/C13H16N2O/c16-13-12-9-15(8-11(12)6-14-13)7-10-4-2-1-3-5-10/h1-5,11-12H,6-9H2,(H,14,16)/t11-,12+/m0/s1. The molecule has 2 aliphatic rings. The molecular formula is C13H16N2O. The summed E-state index contributed by atoms with van der Waals surface area (Å²) in [5.41, 5.74) is 1.34. The number of hydrogen-bond acceptors (Lipinski definition) is 2. The lowest BCUT2D eigenvalue weighted by Gasteiger charge is -2.16. The van der Waals surface area contributed by atoms with Gasteiger partial charge in [-0.25, -0.2) is 0 Å². The minimum atomic E-state index is 0.240. The molecule has 1 amide bonds. The fraction of sp³-hybridized carbons (Fsp3) is 0.462. The first kappa shape index (κ1) is 9.85. The molecule has 0 saturated carbocycles. The molecule has 0 spiro atoms. The Kier molecular flexibility index (Phi) is 2.40. The van der Waals surface area contributed by atoms with Crippen LogP contribution in [0.15, 0.2) is 30.3 Å². The van der Waals surface area contributed by atoms with E-state index in [0.717, 1.165) is 26.2 Å². The molecule has 0 bridgehead atoms. The Morgan fingerprint density at radius 3 is 2.81 bits per heavy atom. The molecule has 16 heavy (non-hydrogen) atoms. The summed E-state index contributed by atoms with van der Waals surface area (Å²) in [5, 5.41) is 2.94. The van der Waals surface area contributed by atoms with Crippen LogP contribution < -0.4 is 5.32 Å². The van der Waals surface area contributed by atoms with E-state index in [1.807, 2.05) is 6.07 Å². The van der Waals surface area contributed by atoms with Gasteiger partial charge in [0.1, 0.15) is 0 Å². The van der Waals surface area contributed by atoms with Crippen LogP contribution in [0.5, 0.6) is 0 Å². The van der Waals surface area contributed by atoms with Crippen molar-refractivity contribution < 1.29 is 4.79 Å². The van der Waals surface area contributed by atoms with E-state index in [2.05, 4.69) is 34.5 Å². The highest BCUT2D eigenvalue weighted by molar-refractivity contribution is 5.81. The van der Waals surface area contributed by atoms with E-state index in [1.54, 1.807) is 0 Å². The van der Waals surface area contributed by atoms with Gasteiger partial charge in [-0.1, -0.05) is 30.3 Å². The maximum Gasteiger partial charge on any atom is 0.224 e. The number of nitrogens with zero attached hydrogens (tertiary/aromatic N) is 1. The Bertz CT molecular complexity index is 390. The molecule has 3 nitrogen and oxygen atoms in total. The van der Waals surface area contributed by atoms with Crippen molar-refractivity contribution in [1.29, 1.82) is 0 Å². The van der Waals surface area contributed by atoms with Crippen LogP contribution in [0.1, 0.15) is 5.56 Å². The molecule has 2 fully saturated rings. The minimum Gasteiger partial charge on any atom is -0.355 e. The summed E-state index contributed by atoms with van der Waals surface area (Å²) in [6, 6.07) is 10.5. The first-order valence-electron chi connectivity index (χ1n) is 5.87. The van der Waals surface area contributed by atoms with Crippen molar-refractivity contribution in [3.8, 4) is 0 Å². The SMILES string of the molecule is O=C1NC[C@H]2CN(Cc3ccccc3)C[C@@H]12. The molecule has 2 saturated heterocycles. The molecule has 0 aromatic heterocycles. The highest BCUT2D eigenvalue weighted by atomic mass is 16.2. The van der Waals surface area contributed by atoms with Gasteiger partial charge >= 0.3 is 0 Å². The molecule has 2 atom stereocenters. The van der Waals surface area contributed by atoms with Crippen LogP contribution in [0.25, 0.3) is 0 Å². The second-order valence-corrected chi connectivity index (χ2v) is 4.79. The zero-order chi connectivity index (χ0) is 11.0. The molecule has 84 valence electrons. The molecule has 0 aliphatic carbocycles. The summed E-state index contributed by atoms with van der Waals surface area (Å²) in [6.07, 6.45) is 0. The number of carbonyl (C=O) groups excluding carboxylic acids is 1. The molecule has 1 aromatic carbocycles. The summed E-state index contributed by atoms with van der Waals surface area (Å²) in [6.45, 7) is 3.82. The van der Waals surface area contributed by atoms with Gasteiger partial charge in [0.2, 0.25) is 5.91 Å². The van der Waals surface area contributed by atoms with Crippen molar-refractivity contribution in [2.75, 3.05) is 19.6 Å². The van der Waals surface area contributed by atoms with Crippen LogP contribution in [0.4, 0.5) is 0 Å². The van der Waals surface area contributed by atoms with Gasteiger partial charge in [0.25, 0.3) is 0 Å². The lowest BCUT2D eigenvalue weighted by Crippen LogP contribution is -2.28. The van der Waals surface area contributed by atoms with Gasteiger partial charge in [0, 0.05) is 32.1 Å². The van der Waals surface area contributed by atoms with Crippen molar-refractivity contribution in [3.05, 3.63) is 35.9 Å². The number of nitrogens with one attached hydrogen (secondary N) is 1. The molecule has 0 unspecified atom stereocenters. The monoisotopic (exact) mass is 216 g/mol. The van der Waals surface area contributed by atoms with E-state index in [1.165, 1.54) is 5.56 Å². The Morgan fingerprint density at radius 1 is 1.25 bits per heavy atom. The molecule has 3 rings (SSSR count). The fourth-order valence-corrected chi connectivity index (χ4v) is 2.80. The molecule has 2 aliphatic heterocycles. The van der Waals surface area contributed by atoms with Crippen LogP contribution >= 0.6 is 0 Å². The zero-order valence-electron chi connectivity index (χ0n) is 9.23. The summed E-state index contributed by atoms with van der Waals surface area (Å²) >= 11 is 0. The van der Waals surface area contributed by atoms with Crippen LogP contribution in [-0.2, 0) is 11.3 Å². The zero-order valence-corrected chi connectivity index (χ0v) is 9.23. The number of fused-ring (bicyclic) bond motifs is 1. The maximum atomic E-state index is 11.5. The van der Waals surface area contributed by atoms with E-state index < -0.39 is 0 Å². The predicted octanol–water partition coefficient (Wildman–Crippen LogP) is 0.864. The van der Waals surface area contributed by atoms with Gasteiger partial charge in [-0.05, 0) is 5.56 Å².